The van der Waals surface area contributed by atoms with Crippen molar-refractivity contribution in [2.24, 2.45) is 5.92 Å². The first-order chi connectivity index (χ1) is 13.7. The van der Waals surface area contributed by atoms with Crippen LogP contribution < -0.4 is 5.32 Å². The van der Waals surface area contributed by atoms with Gasteiger partial charge in [-0.1, -0.05) is 35.9 Å². The Balaban J connectivity index is 1.47. The van der Waals surface area contributed by atoms with Gasteiger partial charge in [-0.25, -0.2) is 0 Å². The van der Waals surface area contributed by atoms with Crippen molar-refractivity contribution in [3.63, 3.8) is 0 Å². The minimum Gasteiger partial charge on any atom is -0.378 e. The smallest absolute Gasteiger partial charge is 0.253 e. The minimum absolute atomic E-state index is 0.181. The van der Waals surface area contributed by atoms with Crippen molar-refractivity contribution >= 4 is 23.2 Å². The number of nitrogens with zero attached hydrogens (tertiary/aromatic N) is 1. The Morgan fingerprint density at radius 2 is 1.82 bits per heavy atom. The van der Waals surface area contributed by atoms with Gasteiger partial charge in [0.2, 0.25) is 0 Å². The molecule has 4 heteroatoms. The summed E-state index contributed by atoms with van der Waals surface area (Å²) >= 11 is 6.09. The first-order valence-corrected chi connectivity index (χ1v) is 10.7. The van der Waals surface area contributed by atoms with Crippen molar-refractivity contribution in [2.45, 2.75) is 37.6 Å². The summed E-state index contributed by atoms with van der Waals surface area (Å²) in [6, 6.07) is 14.6. The number of rotatable bonds is 2. The number of carbonyl (C=O) groups excluding carboxylic acids is 1. The molecule has 1 fully saturated rings. The number of amides is 1. The van der Waals surface area contributed by atoms with Crippen molar-refractivity contribution in [2.75, 3.05) is 18.4 Å². The van der Waals surface area contributed by atoms with Crippen LogP contribution >= 0.6 is 11.6 Å². The molecule has 1 saturated heterocycles. The third-order valence-corrected chi connectivity index (χ3v) is 6.73. The molecule has 2 aromatic rings. The number of anilines is 1. The molecule has 3 nitrogen and oxygen atoms in total. The van der Waals surface area contributed by atoms with Crippen molar-refractivity contribution in [3.8, 4) is 0 Å². The number of fused-ring (bicyclic) bond motifs is 3. The molecule has 1 aliphatic carbocycles. The van der Waals surface area contributed by atoms with Crippen LogP contribution in [0.5, 0.6) is 0 Å². The Hall–Kier alpha value is -2.26. The molecule has 0 saturated carbocycles. The minimum atomic E-state index is 0.181. The van der Waals surface area contributed by atoms with E-state index in [4.69, 9.17) is 11.6 Å². The van der Waals surface area contributed by atoms with Crippen molar-refractivity contribution in [1.29, 1.82) is 0 Å². The number of allylic oxidation sites excluding steroid dienone is 2. The molecule has 3 unspecified atom stereocenters. The Kier molecular flexibility index (Phi) is 4.64. The second kappa shape index (κ2) is 7.29. The van der Waals surface area contributed by atoms with Crippen LogP contribution in [0.2, 0.25) is 5.02 Å². The standard InChI is InChI=1S/C24H25ClN2O/c25-18-10-7-16(8-11-18)23-20-6-4-5-19(20)21-15-17(9-12-22(21)26-23)24(28)27-13-2-1-3-14-27/h4-5,7-12,15,19-20,23,26H,1-3,6,13-14H2. The highest BCUT2D eigenvalue weighted by molar-refractivity contribution is 6.30. The van der Waals surface area contributed by atoms with Crippen LogP contribution in [0.3, 0.4) is 0 Å². The number of benzene rings is 2. The van der Waals surface area contributed by atoms with Gasteiger partial charge in [0, 0.05) is 35.3 Å². The SMILES string of the molecule is O=C(c1ccc2c(c1)C1C=CCC1C(c1ccc(Cl)cc1)N2)N1CCCCC1. The fourth-order valence-corrected chi connectivity index (χ4v) is 5.13. The molecule has 0 bridgehead atoms. The lowest BCUT2D eigenvalue weighted by Gasteiger charge is -2.38. The van der Waals surface area contributed by atoms with E-state index in [1.807, 2.05) is 23.1 Å². The van der Waals surface area contributed by atoms with Gasteiger partial charge >= 0.3 is 0 Å². The van der Waals surface area contributed by atoms with Gasteiger partial charge in [-0.3, -0.25) is 4.79 Å². The van der Waals surface area contributed by atoms with Crippen molar-refractivity contribution < 1.29 is 4.79 Å². The summed E-state index contributed by atoms with van der Waals surface area (Å²) in [5, 5.41) is 4.51. The average Bonchev–Trinajstić information content (AvgIpc) is 3.24. The summed E-state index contributed by atoms with van der Waals surface area (Å²) in [5.74, 6) is 1.00. The third kappa shape index (κ3) is 3.12. The van der Waals surface area contributed by atoms with Gasteiger partial charge in [0.25, 0.3) is 5.91 Å². The molecule has 3 atom stereocenters. The zero-order valence-corrected chi connectivity index (χ0v) is 16.7. The summed E-state index contributed by atoms with van der Waals surface area (Å²) in [6.45, 7) is 1.78. The zero-order valence-electron chi connectivity index (χ0n) is 15.9. The molecule has 28 heavy (non-hydrogen) atoms. The van der Waals surface area contributed by atoms with E-state index in [-0.39, 0.29) is 11.9 Å². The van der Waals surface area contributed by atoms with E-state index >= 15 is 0 Å². The van der Waals surface area contributed by atoms with E-state index in [0.29, 0.717) is 11.8 Å². The maximum absolute atomic E-state index is 13.0. The van der Waals surface area contributed by atoms with Crippen LogP contribution in [-0.4, -0.2) is 23.9 Å². The number of carbonyl (C=O) groups is 1. The largest absolute Gasteiger partial charge is 0.378 e. The van der Waals surface area contributed by atoms with Crippen molar-refractivity contribution in [3.05, 3.63) is 76.3 Å². The molecule has 3 aliphatic rings. The summed E-state index contributed by atoms with van der Waals surface area (Å²) < 4.78 is 0. The van der Waals surface area contributed by atoms with Crippen LogP contribution in [0.1, 0.15) is 59.1 Å². The maximum Gasteiger partial charge on any atom is 0.253 e. The quantitative estimate of drug-likeness (QED) is 0.655. The van der Waals surface area contributed by atoms with E-state index in [1.165, 1.54) is 17.5 Å². The highest BCUT2D eigenvalue weighted by atomic mass is 35.5. The molecular formula is C24H25ClN2O. The second-order valence-electron chi connectivity index (χ2n) is 8.18. The summed E-state index contributed by atoms with van der Waals surface area (Å²) in [4.78, 5) is 15.0. The van der Waals surface area contributed by atoms with Gasteiger partial charge in [-0.05, 0) is 73.1 Å². The Bertz CT molecular complexity index is 915. The Morgan fingerprint density at radius 1 is 1.04 bits per heavy atom. The Labute approximate surface area is 171 Å². The molecule has 2 aliphatic heterocycles. The average molecular weight is 393 g/mol. The normalized spacial score (nSPS) is 25.8. The maximum atomic E-state index is 13.0. The molecule has 2 heterocycles. The van der Waals surface area contributed by atoms with E-state index in [0.717, 1.165) is 48.6 Å². The molecule has 2 aromatic carbocycles. The predicted octanol–water partition coefficient (Wildman–Crippen LogP) is 5.79. The van der Waals surface area contributed by atoms with Gasteiger partial charge in [-0.2, -0.15) is 0 Å². The number of hydrogen-bond acceptors (Lipinski definition) is 2. The fraction of sp³-hybridized carbons (Fsp3) is 0.375. The lowest BCUT2D eigenvalue weighted by Crippen LogP contribution is -2.36. The Morgan fingerprint density at radius 3 is 2.61 bits per heavy atom. The number of likely N-dealkylation sites (tertiary alicyclic amines) is 1. The molecule has 1 N–H and O–H groups in total. The zero-order chi connectivity index (χ0) is 19.1. The fourth-order valence-electron chi connectivity index (χ4n) is 5.01. The first kappa shape index (κ1) is 17.8. The van der Waals surface area contributed by atoms with Gasteiger partial charge in [0.1, 0.15) is 0 Å². The van der Waals surface area contributed by atoms with Crippen LogP contribution in [0.4, 0.5) is 5.69 Å². The lowest BCUT2D eigenvalue weighted by molar-refractivity contribution is 0.0724. The third-order valence-electron chi connectivity index (χ3n) is 6.48. The van der Waals surface area contributed by atoms with E-state index in [2.05, 4.69) is 41.7 Å². The van der Waals surface area contributed by atoms with Crippen LogP contribution in [0.15, 0.2) is 54.6 Å². The number of halogens is 1. The van der Waals surface area contributed by atoms with Gasteiger partial charge in [0.15, 0.2) is 0 Å². The molecule has 5 rings (SSSR count). The van der Waals surface area contributed by atoms with E-state index < -0.39 is 0 Å². The monoisotopic (exact) mass is 392 g/mol. The molecule has 0 radical (unpaired) electrons. The number of hydrogen-bond donors (Lipinski definition) is 1. The van der Waals surface area contributed by atoms with Gasteiger partial charge in [0.05, 0.1) is 6.04 Å². The molecule has 0 aromatic heterocycles. The molecule has 1 amide bonds. The first-order valence-electron chi connectivity index (χ1n) is 10.3. The van der Waals surface area contributed by atoms with Gasteiger partial charge in [-0.15, -0.1) is 0 Å². The van der Waals surface area contributed by atoms with Gasteiger partial charge < -0.3 is 10.2 Å². The number of piperidine rings is 1. The highest BCUT2D eigenvalue weighted by Gasteiger charge is 2.38. The molecule has 144 valence electrons. The van der Waals surface area contributed by atoms with Crippen LogP contribution in [0, 0.1) is 5.92 Å². The predicted molar refractivity (Wildman–Crippen MR) is 114 cm³/mol. The lowest BCUT2D eigenvalue weighted by atomic mass is 9.76. The van der Waals surface area contributed by atoms with Crippen molar-refractivity contribution in [1.82, 2.24) is 4.90 Å². The summed E-state index contributed by atoms with van der Waals surface area (Å²) in [5.41, 5.74) is 4.49. The highest BCUT2D eigenvalue weighted by Crippen LogP contribution is 2.50. The van der Waals surface area contributed by atoms with E-state index in [9.17, 15) is 4.79 Å². The molecule has 0 spiro atoms. The number of nitrogens with one attached hydrogen (secondary N) is 1. The second-order valence-corrected chi connectivity index (χ2v) is 8.62. The molecular weight excluding hydrogens is 368 g/mol. The summed E-state index contributed by atoms with van der Waals surface area (Å²) in [6.07, 6.45) is 9.13. The van der Waals surface area contributed by atoms with Crippen LogP contribution in [0.25, 0.3) is 0 Å². The van der Waals surface area contributed by atoms with Crippen LogP contribution in [-0.2, 0) is 0 Å². The topological polar surface area (TPSA) is 32.3 Å². The summed E-state index contributed by atoms with van der Waals surface area (Å²) in [7, 11) is 0. The van der Waals surface area contributed by atoms with E-state index in [1.54, 1.807) is 0 Å².